The average Bonchev–Trinajstić information content (AvgIpc) is 2.56. The summed E-state index contributed by atoms with van der Waals surface area (Å²) in [6.45, 7) is 2.70. The van der Waals surface area contributed by atoms with Crippen LogP contribution in [0.2, 0.25) is 0 Å². The summed E-state index contributed by atoms with van der Waals surface area (Å²) in [6, 6.07) is 0. The third-order valence-corrected chi connectivity index (χ3v) is 3.47. The Morgan fingerprint density at radius 2 is 2.33 bits per heavy atom. The molecule has 0 radical (unpaired) electrons. The van der Waals surface area contributed by atoms with Gasteiger partial charge >= 0.3 is 5.97 Å². The molecule has 0 aliphatic rings. The zero-order valence-electron chi connectivity index (χ0n) is 10.5. The highest BCUT2D eigenvalue weighted by atomic mass is 79.9. The molecule has 0 aliphatic heterocycles. The van der Waals surface area contributed by atoms with Gasteiger partial charge in [0.05, 0.1) is 29.0 Å². The van der Waals surface area contributed by atoms with Crippen LogP contribution in [-0.2, 0) is 24.8 Å². The van der Waals surface area contributed by atoms with E-state index in [1.54, 1.807) is 9.58 Å². The van der Waals surface area contributed by atoms with E-state index in [0.717, 1.165) is 22.3 Å². The average molecular weight is 314 g/mol. The van der Waals surface area contributed by atoms with Crippen LogP contribution in [-0.4, -0.2) is 38.8 Å². The molecule has 0 amide bonds. The minimum atomic E-state index is -0.890. The fourth-order valence-corrected chi connectivity index (χ4v) is 2.43. The molecule has 0 atom stereocenters. The van der Waals surface area contributed by atoms with E-state index in [1.165, 1.54) is 0 Å². The van der Waals surface area contributed by atoms with Crippen LogP contribution in [0.4, 0.5) is 0 Å². The van der Waals surface area contributed by atoms with E-state index in [2.05, 4.69) is 26.9 Å². The number of terminal acetylenes is 1. The maximum atomic E-state index is 10.8. The maximum absolute atomic E-state index is 10.8. The normalized spacial score (nSPS) is 10.6. The molecule has 0 spiro atoms. The van der Waals surface area contributed by atoms with Crippen molar-refractivity contribution < 1.29 is 9.90 Å². The number of aryl methyl sites for hydroxylation is 2. The summed E-state index contributed by atoms with van der Waals surface area (Å²) < 4.78 is 2.69. The van der Waals surface area contributed by atoms with Crippen LogP contribution in [0.3, 0.4) is 0 Å². The molecular weight excluding hydrogens is 298 g/mol. The number of aliphatic carboxylic acids is 1. The van der Waals surface area contributed by atoms with Crippen molar-refractivity contribution in [3.05, 3.63) is 15.9 Å². The Labute approximate surface area is 115 Å². The van der Waals surface area contributed by atoms with Gasteiger partial charge in [-0.3, -0.25) is 14.4 Å². The number of hydrogen-bond donors (Lipinski definition) is 1. The van der Waals surface area contributed by atoms with E-state index in [0.29, 0.717) is 13.1 Å². The SMILES string of the molecule is C#CCN(CC(=O)O)Cc1c(Br)c(CC)nn1C. The van der Waals surface area contributed by atoms with Crippen LogP contribution in [0.1, 0.15) is 18.3 Å². The van der Waals surface area contributed by atoms with E-state index in [-0.39, 0.29) is 6.54 Å². The first-order chi connectivity index (χ1) is 8.49. The summed E-state index contributed by atoms with van der Waals surface area (Å²) in [7, 11) is 1.84. The van der Waals surface area contributed by atoms with Gasteiger partial charge in [0.2, 0.25) is 0 Å². The fourth-order valence-electron chi connectivity index (χ4n) is 1.69. The van der Waals surface area contributed by atoms with Crippen molar-refractivity contribution in [1.29, 1.82) is 0 Å². The molecule has 1 aromatic heterocycles. The van der Waals surface area contributed by atoms with Crippen molar-refractivity contribution in [2.75, 3.05) is 13.1 Å². The van der Waals surface area contributed by atoms with Gasteiger partial charge in [0.1, 0.15) is 0 Å². The number of halogens is 1. The number of aromatic nitrogens is 2. The lowest BCUT2D eigenvalue weighted by Gasteiger charge is -2.17. The van der Waals surface area contributed by atoms with Crippen molar-refractivity contribution in [2.45, 2.75) is 19.9 Å². The number of hydrogen-bond acceptors (Lipinski definition) is 3. The Kier molecular flexibility index (Phi) is 5.38. The third kappa shape index (κ3) is 3.59. The van der Waals surface area contributed by atoms with Crippen molar-refractivity contribution in [2.24, 2.45) is 7.05 Å². The molecule has 0 saturated heterocycles. The topological polar surface area (TPSA) is 58.4 Å². The molecular formula is C12H16BrN3O2. The Morgan fingerprint density at radius 3 is 2.78 bits per heavy atom. The quantitative estimate of drug-likeness (QED) is 0.803. The second-order valence-electron chi connectivity index (χ2n) is 3.93. The van der Waals surface area contributed by atoms with Crippen LogP contribution in [0.25, 0.3) is 0 Å². The van der Waals surface area contributed by atoms with E-state index in [1.807, 2.05) is 14.0 Å². The largest absolute Gasteiger partial charge is 0.480 e. The predicted octanol–water partition coefficient (Wildman–Crippen LogP) is 1.26. The van der Waals surface area contributed by atoms with Crippen LogP contribution in [0, 0.1) is 12.3 Å². The van der Waals surface area contributed by atoms with E-state index in [4.69, 9.17) is 11.5 Å². The predicted molar refractivity (Wildman–Crippen MR) is 72.0 cm³/mol. The lowest BCUT2D eigenvalue weighted by atomic mass is 10.3. The zero-order valence-corrected chi connectivity index (χ0v) is 12.1. The molecule has 1 rings (SSSR count). The summed E-state index contributed by atoms with van der Waals surface area (Å²) in [6.07, 6.45) is 6.07. The van der Waals surface area contributed by atoms with E-state index < -0.39 is 5.97 Å². The Morgan fingerprint density at radius 1 is 1.67 bits per heavy atom. The van der Waals surface area contributed by atoms with Crippen molar-refractivity contribution >= 4 is 21.9 Å². The first-order valence-electron chi connectivity index (χ1n) is 5.57. The lowest BCUT2D eigenvalue weighted by Crippen LogP contribution is -2.30. The highest BCUT2D eigenvalue weighted by molar-refractivity contribution is 9.10. The van der Waals surface area contributed by atoms with Crippen LogP contribution in [0.5, 0.6) is 0 Å². The summed E-state index contributed by atoms with van der Waals surface area (Å²) in [5, 5.41) is 13.2. The first-order valence-corrected chi connectivity index (χ1v) is 6.36. The zero-order chi connectivity index (χ0) is 13.7. The van der Waals surface area contributed by atoms with Gasteiger partial charge in [0, 0.05) is 13.6 Å². The number of carboxylic acids is 1. The summed E-state index contributed by atoms with van der Waals surface area (Å²) in [4.78, 5) is 12.4. The van der Waals surface area contributed by atoms with Crippen molar-refractivity contribution in [3.63, 3.8) is 0 Å². The minimum Gasteiger partial charge on any atom is -0.480 e. The number of carbonyl (C=O) groups is 1. The molecule has 1 heterocycles. The van der Waals surface area contributed by atoms with Gasteiger partial charge in [0.25, 0.3) is 0 Å². The third-order valence-electron chi connectivity index (χ3n) is 2.55. The second-order valence-corrected chi connectivity index (χ2v) is 4.72. The van der Waals surface area contributed by atoms with Gasteiger partial charge in [0.15, 0.2) is 0 Å². The Bertz CT molecular complexity index is 476. The molecule has 98 valence electrons. The molecule has 5 nitrogen and oxygen atoms in total. The van der Waals surface area contributed by atoms with Gasteiger partial charge in [-0.2, -0.15) is 5.10 Å². The lowest BCUT2D eigenvalue weighted by molar-refractivity contribution is -0.138. The van der Waals surface area contributed by atoms with Gasteiger partial charge in [-0.15, -0.1) is 6.42 Å². The maximum Gasteiger partial charge on any atom is 0.317 e. The van der Waals surface area contributed by atoms with Crippen LogP contribution < -0.4 is 0 Å². The van der Waals surface area contributed by atoms with Gasteiger partial charge < -0.3 is 5.11 Å². The van der Waals surface area contributed by atoms with E-state index >= 15 is 0 Å². The number of nitrogens with zero attached hydrogens (tertiary/aromatic N) is 3. The molecule has 0 bridgehead atoms. The van der Waals surface area contributed by atoms with Gasteiger partial charge in [-0.1, -0.05) is 12.8 Å². The summed E-state index contributed by atoms with van der Waals surface area (Å²) in [5.41, 5.74) is 1.90. The molecule has 18 heavy (non-hydrogen) atoms. The van der Waals surface area contributed by atoms with Gasteiger partial charge in [-0.25, -0.2) is 0 Å². The first kappa shape index (κ1) is 14.7. The van der Waals surface area contributed by atoms with Crippen LogP contribution >= 0.6 is 15.9 Å². The minimum absolute atomic E-state index is 0.0801. The molecule has 1 N–H and O–H groups in total. The molecule has 1 aromatic rings. The van der Waals surface area contributed by atoms with E-state index in [9.17, 15) is 4.79 Å². The molecule has 0 aromatic carbocycles. The number of carboxylic acid groups (broad SMARTS) is 1. The molecule has 0 aliphatic carbocycles. The number of rotatable bonds is 6. The molecule has 0 unspecified atom stereocenters. The fraction of sp³-hybridized carbons (Fsp3) is 0.500. The Hall–Kier alpha value is -1.32. The summed E-state index contributed by atoms with van der Waals surface area (Å²) >= 11 is 3.50. The summed E-state index contributed by atoms with van der Waals surface area (Å²) in [5.74, 6) is 1.58. The highest BCUT2D eigenvalue weighted by Crippen LogP contribution is 2.22. The standard InChI is InChI=1S/C12H16BrN3O2/c1-4-6-16(8-11(17)18)7-10-12(13)9(5-2)14-15(10)3/h1H,5-8H2,2-3H3,(H,17,18). The second kappa shape index (κ2) is 6.57. The van der Waals surface area contributed by atoms with Crippen LogP contribution in [0.15, 0.2) is 4.47 Å². The smallest absolute Gasteiger partial charge is 0.317 e. The molecule has 0 fully saturated rings. The van der Waals surface area contributed by atoms with Crippen molar-refractivity contribution in [1.82, 2.24) is 14.7 Å². The highest BCUT2D eigenvalue weighted by Gasteiger charge is 2.17. The molecule has 0 saturated carbocycles. The Balaban J connectivity index is 2.90. The monoisotopic (exact) mass is 313 g/mol. The molecule has 6 heteroatoms. The van der Waals surface area contributed by atoms with Crippen molar-refractivity contribution in [3.8, 4) is 12.3 Å². The van der Waals surface area contributed by atoms with Gasteiger partial charge in [-0.05, 0) is 22.4 Å².